The molecule has 10 nitrogen and oxygen atoms in total. The van der Waals surface area contributed by atoms with Gasteiger partial charge in [0, 0.05) is 30.7 Å². The van der Waals surface area contributed by atoms with Gasteiger partial charge in [-0.3, -0.25) is 9.89 Å². The topological polar surface area (TPSA) is 108 Å². The van der Waals surface area contributed by atoms with Crippen LogP contribution >= 0.6 is 0 Å². The van der Waals surface area contributed by atoms with Gasteiger partial charge in [-0.1, -0.05) is 0 Å². The Labute approximate surface area is 204 Å². The van der Waals surface area contributed by atoms with Crippen LogP contribution in [0.25, 0.3) is 0 Å². The Bertz CT molecular complexity index is 1060. The lowest BCUT2D eigenvalue weighted by molar-refractivity contribution is -0.143. The van der Waals surface area contributed by atoms with Crippen LogP contribution in [0.15, 0.2) is 6.20 Å². The number of H-pyrrole nitrogens is 1. The van der Waals surface area contributed by atoms with Crippen LogP contribution in [0.5, 0.6) is 6.01 Å². The van der Waals surface area contributed by atoms with Gasteiger partial charge in [0.15, 0.2) is 17.5 Å². The number of carbonyl (C=O) groups is 1. The third-order valence-corrected chi connectivity index (χ3v) is 7.55. The molecule has 0 bridgehead atoms. The van der Waals surface area contributed by atoms with E-state index >= 15 is 0 Å². The Hall–Kier alpha value is -2.79. The zero-order chi connectivity index (χ0) is 24.6. The summed E-state index contributed by atoms with van der Waals surface area (Å²) in [7, 11) is 0. The van der Waals surface area contributed by atoms with Crippen LogP contribution in [0.3, 0.4) is 0 Å². The molecule has 5 rings (SSSR count). The van der Waals surface area contributed by atoms with Crippen LogP contribution in [0.4, 0.5) is 16.0 Å². The lowest BCUT2D eigenvalue weighted by atomic mass is 9.91. The highest BCUT2D eigenvalue weighted by Gasteiger charge is 2.46. The van der Waals surface area contributed by atoms with Gasteiger partial charge < -0.3 is 24.6 Å². The Morgan fingerprint density at radius 1 is 1.26 bits per heavy atom. The molecule has 2 N–H and O–H groups in total. The van der Waals surface area contributed by atoms with E-state index in [1.807, 2.05) is 25.7 Å². The minimum atomic E-state index is -0.605. The first-order valence-electron chi connectivity index (χ1n) is 12.5. The van der Waals surface area contributed by atoms with E-state index in [0.29, 0.717) is 25.0 Å². The summed E-state index contributed by atoms with van der Waals surface area (Å²) >= 11 is 0. The van der Waals surface area contributed by atoms with Crippen molar-refractivity contribution in [1.29, 1.82) is 0 Å². The lowest BCUT2D eigenvalue weighted by Gasteiger charge is -2.41. The molecule has 2 fully saturated rings. The second-order valence-electron chi connectivity index (χ2n) is 9.97. The quantitative estimate of drug-likeness (QED) is 0.640. The van der Waals surface area contributed by atoms with Crippen LogP contribution in [-0.2, 0) is 21.6 Å². The van der Waals surface area contributed by atoms with Crippen molar-refractivity contribution >= 4 is 17.5 Å². The van der Waals surface area contributed by atoms with E-state index < -0.39 is 11.4 Å². The summed E-state index contributed by atoms with van der Waals surface area (Å²) in [4.78, 5) is 26.0. The number of likely N-dealkylation sites (tertiary alicyclic amines) is 1. The zero-order valence-corrected chi connectivity index (χ0v) is 20.6. The number of nitrogens with one attached hydrogen (secondary N) is 2. The van der Waals surface area contributed by atoms with Crippen LogP contribution in [0.1, 0.15) is 57.7 Å². The predicted octanol–water partition coefficient (Wildman–Crippen LogP) is 2.95. The largest absolute Gasteiger partial charge is 0.464 e. The number of aromatic amines is 1. The number of aromatic nitrogens is 4. The van der Waals surface area contributed by atoms with Gasteiger partial charge in [0.2, 0.25) is 5.91 Å². The van der Waals surface area contributed by atoms with Crippen molar-refractivity contribution in [2.24, 2.45) is 5.92 Å². The van der Waals surface area contributed by atoms with Crippen molar-refractivity contribution in [3.63, 3.8) is 0 Å². The maximum Gasteiger partial charge on any atom is 0.318 e. The maximum absolute atomic E-state index is 14.4. The monoisotopic (exact) mass is 487 g/mol. The molecule has 0 saturated carbocycles. The van der Waals surface area contributed by atoms with Crippen LogP contribution in [0.2, 0.25) is 0 Å². The van der Waals surface area contributed by atoms with E-state index in [2.05, 4.69) is 30.4 Å². The molecule has 3 aliphatic heterocycles. The minimum Gasteiger partial charge on any atom is -0.464 e. The van der Waals surface area contributed by atoms with Crippen molar-refractivity contribution in [3.05, 3.63) is 23.3 Å². The summed E-state index contributed by atoms with van der Waals surface area (Å²) in [6.07, 6.45) is 4.96. The van der Waals surface area contributed by atoms with Gasteiger partial charge in [0.1, 0.15) is 0 Å². The predicted molar refractivity (Wildman–Crippen MR) is 127 cm³/mol. The molecule has 1 amide bonds. The fourth-order valence-corrected chi connectivity index (χ4v) is 5.50. The first kappa shape index (κ1) is 23.9. The molecule has 0 unspecified atom stereocenters. The third-order valence-electron chi connectivity index (χ3n) is 7.55. The van der Waals surface area contributed by atoms with Crippen LogP contribution < -0.4 is 10.1 Å². The maximum atomic E-state index is 14.4. The highest BCUT2D eigenvalue weighted by Crippen LogP contribution is 2.42. The number of piperidine rings is 1. The van der Waals surface area contributed by atoms with Gasteiger partial charge in [-0.05, 0) is 59.5 Å². The summed E-state index contributed by atoms with van der Waals surface area (Å²) < 4.78 is 25.2. The van der Waals surface area contributed by atoms with E-state index in [-0.39, 0.29) is 23.7 Å². The molecule has 0 aromatic carbocycles. The van der Waals surface area contributed by atoms with E-state index in [1.54, 1.807) is 0 Å². The van der Waals surface area contributed by atoms with Crippen molar-refractivity contribution in [1.82, 2.24) is 30.0 Å². The summed E-state index contributed by atoms with van der Waals surface area (Å²) in [6, 6.07) is 0.667. The summed E-state index contributed by atoms with van der Waals surface area (Å²) in [6.45, 7) is 10.2. The zero-order valence-electron chi connectivity index (χ0n) is 20.6. The van der Waals surface area contributed by atoms with E-state index in [1.165, 1.54) is 0 Å². The number of ether oxygens (including phenoxy) is 2. The van der Waals surface area contributed by atoms with E-state index in [4.69, 9.17) is 9.47 Å². The average molecular weight is 488 g/mol. The van der Waals surface area contributed by atoms with E-state index in [0.717, 1.165) is 69.4 Å². The number of carbonyl (C=O) groups excluding carboxylic acids is 1. The molecule has 190 valence electrons. The number of nitrogens with zero attached hydrogens (tertiary/aromatic N) is 5. The Morgan fingerprint density at radius 2 is 2.00 bits per heavy atom. The van der Waals surface area contributed by atoms with Gasteiger partial charge >= 0.3 is 6.01 Å². The van der Waals surface area contributed by atoms with Crippen molar-refractivity contribution < 1.29 is 18.7 Å². The standard InChI is InChI=1S/C24H34FN7O3/c1-4-35-23-26-13-18(25)21(28-23)27-20-17-14-32(24(2,3)19(17)29-30-20)22(33)15-5-9-31(10-6-15)16-7-11-34-12-8-16/h13,15-16H,4-12,14H2,1-3H3,(H2,26,27,28,29,30). The lowest BCUT2D eigenvalue weighted by Crippen LogP contribution is -2.49. The molecule has 2 aromatic heterocycles. The van der Waals surface area contributed by atoms with Crippen molar-refractivity contribution in [3.8, 4) is 6.01 Å². The number of hydrogen-bond acceptors (Lipinski definition) is 8. The molecule has 11 heteroatoms. The SMILES string of the molecule is CCOc1ncc(F)c(Nc2n[nH]c3c2CN(C(=O)C2CCN(C4CCOCC4)CC2)C3(C)C)n1. The van der Waals surface area contributed by atoms with Gasteiger partial charge in [-0.15, -0.1) is 0 Å². The molecule has 0 radical (unpaired) electrons. The fraction of sp³-hybridized carbons (Fsp3) is 0.667. The summed E-state index contributed by atoms with van der Waals surface area (Å²) in [5.41, 5.74) is 1.16. The first-order valence-corrected chi connectivity index (χ1v) is 12.5. The molecule has 35 heavy (non-hydrogen) atoms. The normalized spacial score (nSPS) is 21.2. The molecule has 3 aliphatic rings. The Morgan fingerprint density at radius 3 is 2.71 bits per heavy atom. The average Bonchev–Trinajstić information content (AvgIpc) is 3.39. The van der Waals surface area contributed by atoms with Gasteiger partial charge in [-0.2, -0.15) is 10.1 Å². The second-order valence-corrected chi connectivity index (χ2v) is 9.97. The number of fused-ring (bicyclic) bond motifs is 1. The number of rotatable bonds is 6. The highest BCUT2D eigenvalue weighted by atomic mass is 19.1. The Balaban J connectivity index is 1.27. The third kappa shape index (κ3) is 4.58. The number of hydrogen-bond donors (Lipinski definition) is 2. The van der Waals surface area contributed by atoms with Crippen LogP contribution in [0, 0.1) is 11.7 Å². The molecule has 0 atom stereocenters. The van der Waals surface area contributed by atoms with E-state index in [9.17, 15) is 9.18 Å². The Kier molecular flexibility index (Phi) is 6.63. The molecule has 2 aromatic rings. The molecule has 0 aliphatic carbocycles. The van der Waals surface area contributed by atoms with Crippen LogP contribution in [-0.4, -0.2) is 74.8 Å². The molecular weight excluding hydrogens is 453 g/mol. The molecule has 2 saturated heterocycles. The van der Waals surface area contributed by atoms with Crippen molar-refractivity contribution in [2.45, 2.75) is 64.6 Å². The summed E-state index contributed by atoms with van der Waals surface area (Å²) in [5, 5.41) is 10.4. The molecule has 0 spiro atoms. The van der Waals surface area contributed by atoms with Gasteiger partial charge in [0.05, 0.1) is 30.6 Å². The molecular formula is C24H34FN7O3. The number of amides is 1. The summed E-state index contributed by atoms with van der Waals surface area (Å²) in [5.74, 6) is 0.0149. The van der Waals surface area contributed by atoms with Crippen molar-refractivity contribution in [2.75, 3.05) is 38.2 Å². The fourth-order valence-electron chi connectivity index (χ4n) is 5.50. The highest BCUT2D eigenvalue weighted by molar-refractivity contribution is 5.81. The number of anilines is 2. The first-order chi connectivity index (χ1) is 16.9. The van der Waals surface area contributed by atoms with Gasteiger partial charge in [0.25, 0.3) is 0 Å². The molecule has 5 heterocycles. The number of halogens is 1. The van der Waals surface area contributed by atoms with Gasteiger partial charge in [-0.25, -0.2) is 9.37 Å². The second kappa shape index (κ2) is 9.69. The smallest absolute Gasteiger partial charge is 0.318 e. The minimum absolute atomic E-state index is 0.00630.